The van der Waals surface area contributed by atoms with Crippen molar-refractivity contribution in [3.8, 4) is 5.69 Å². The van der Waals surface area contributed by atoms with Crippen molar-refractivity contribution in [1.29, 1.82) is 0 Å². The molecule has 0 saturated carbocycles. The molecule has 1 heterocycles. The Balaban J connectivity index is 2.72. The second kappa shape index (κ2) is 4.66. The van der Waals surface area contributed by atoms with Crippen LogP contribution in [0.5, 0.6) is 0 Å². The fourth-order valence-electron chi connectivity index (χ4n) is 1.69. The number of primary amides is 1. The van der Waals surface area contributed by atoms with Crippen molar-refractivity contribution in [1.82, 2.24) is 4.57 Å². The summed E-state index contributed by atoms with van der Waals surface area (Å²) in [6.07, 6.45) is 1.46. The molecule has 0 aliphatic heterocycles. The molecule has 0 fully saturated rings. The first-order valence-electron chi connectivity index (χ1n) is 5.28. The molecule has 2 N–H and O–H groups in total. The summed E-state index contributed by atoms with van der Waals surface area (Å²) in [4.78, 5) is 23.3. The van der Waals surface area contributed by atoms with E-state index in [1.54, 1.807) is 6.07 Å². The van der Waals surface area contributed by atoms with E-state index in [-0.39, 0.29) is 10.6 Å². The summed E-state index contributed by atoms with van der Waals surface area (Å²) in [5.74, 6) is -0.788. The first-order valence-corrected chi connectivity index (χ1v) is 5.66. The standard InChI is InChI=1S/C13H11ClN2O2/c1-8-3-2-4-10(5-8)16-7-9(14)6-11(12(15)17)13(16)18/h2-7H,1H3,(H2,15,17). The second-order valence-electron chi connectivity index (χ2n) is 3.95. The third-order valence-corrected chi connectivity index (χ3v) is 2.74. The molecule has 2 rings (SSSR count). The summed E-state index contributed by atoms with van der Waals surface area (Å²) in [5, 5.41) is 0.282. The number of carbonyl (C=O) groups is 1. The number of hydrogen-bond donors (Lipinski definition) is 1. The molecule has 2 aromatic rings. The Morgan fingerprint density at radius 2 is 2.06 bits per heavy atom. The van der Waals surface area contributed by atoms with E-state index < -0.39 is 11.5 Å². The Morgan fingerprint density at radius 3 is 2.67 bits per heavy atom. The monoisotopic (exact) mass is 262 g/mol. The molecule has 0 aliphatic carbocycles. The Labute approximate surface area is 109 Å². The van der Waals surface area contributed by atoms with Gasteiger partial charge in [-0.2, -0.15) is 0 Å². The van der Waals surface area contributed by atoms with Gasteiger partial charge in [0.15, 0.2) is 0 Å². The molecule has 18 heavy (non-hydrogen) atoms. The molecule has 92 valence electrons. The van der Waals surface area contributed by atoms with Crippen LogP contribution < -0.4 is 11.3 Å². The van der Waals surface area contributed by atoms with Crippen LogP contribution >= 0.6 is 11.6 Å². The van der Waals surface area contributed by atoms with Crippen LogP contribution in [0.1, 0.15) is 15.9 Å². The lowest BCUT2D eigenvalue weighted by atomic mass is 10.2. The van der Waals surface area contributed by atoms with Gasteiger partial charge in [0, 0.05) is 11.9 Å². The number of nitrogens with zero attached hydrogens (tertiary/aromatic N) is 1. The highest BCUT2D eigenvalue weighted by molar-refractivity contribution is 6.30. The van der Waals surface area contributed by atoms with Crippen LogP contribution in [-0.4, -0.2) is 10.5 Å². The summed E-state index contributed by atoms with van der Waals surface area (Å²) in [7, 11) is 0. The van der Waals surface area contributed by atoms with Gasteiger partial charge in [0.1, 0.15) is 5.56 Å². The van der Waals surface area contributed by atoms with Crippen molar-refractivity contribution in [3.63, 3.8) is 0 Å². The van der Waals surface area contributed by atoms with Gasteiger partial charge in [-0.3, -0.25) is 14.2 Å². The van der Waals surface area contributed by atoms with Crippen LogP contribution in [0.4, 0.5) is 0 Å². The first-order chi connectivity index (χ1) is 8.49. The van der Waals surface area contributed by atoms with E-state index in [9.17, 15) is 9.59 Å². The van der Waals surface area contributed by atoms with E-state index in [1.807, 2.05) is 25.1 Å². The Morgan fingerprint density at radius 1 is 1.33 bits per heavy atom. The number of nitrogens with two attached hydrogens (primary N) is 1. The molecule has 0 saturated heterocycles. The van der Waals surface area contributed by atoms with Gasteiger partial charge < -0.3 is 5.73 Å². The van der Waals surface area contributed by atoms with Crippen LogP contribution in [0, 0.1) is 6.92 Å². The molecule has 0 bridgehead atoms. The smallest absolute Gasteiger partial charge is 0.268 e. The van der Waals surface area contributed by atoms with Crippen LogP contribution in [0.3, 0.4) is 0 Å². The summed E-state index contributed by atoms with van der Waals surface area (Å²) >= 11 is 5.89. The average Bonchev–Trinajstić information content (AvgIpc) is 2.31. The minimum Gasteiger partial charge on any atom is -0.365 e. The predicted molar refractivity (Wildman–Crippen MR) is 70.3 cm³/mol. The van der Waals surface area contributed by atoms with E-state index in [0.717, 1.165) is 5.56 Å². The normalized spacial score (nSPS) is 10.3. The molecule has 0 aliphatic rings. The third kappa shape index (κ3) is 2.28. The molecular formula is C13H11ClN2O2. The van der Waals surface area contributed by atoms with Crippen molar-refractivity contribution in [2.24, 2.45) is 5.73 Å². The van der Waals surface area contributed by atoms with Gasteiger partial charge in [-0.1, -0.05) is 23.7 Å². The van der Waals surface area contributed by atoms with Gasteiger partial charge in [0.2, 0.25) is 0 Å². The van der Waals surface area contributed by atoms with E-state index >= 15 is 0 Å². The van der Waals surface area contributed by atoms with Gasteiger partial charge in [-0.15, -0.1) is 0 Å². The molecular weight excluding hydrogens is 252 g/mol. The lowest BCUT2D eigenvalue weighted by Crippen LogP contribution is -2.28. The summed E-state index contributed by atoms with van der Waals surface area (Å²) in [5.41, 5.74) is 6.20. The molecule has 1 amide bonds. The molecule has 5 heteroatoms. The quantitative estimate of drug-likeness (QED) is 0.898. The van der Waals surface area contributed by atoms with E-state index in [4.69, 9.17) is 17.3 Å². The number of aromatic nitrogens is 1. The molecule has 0 atom stereocenters. The number of carbonyl (C=O) groups excluding carboxylic acids is 1. The molecule has 4 nitrogen and oxygen atoms in total. The molecule has 0 spiro atoms. The van der Waals surface area contributed by atoms with Gasteiger partial charge in [-0.25, -0.2) is 0 Å². The lowest BCUT2D eigenvalue weighted by molar-refractivity contribution is 0.0998. The largest absolute Gasteiger partial charge is 0.365 e. The van der Waals surface area contributed by atoms with Crippen LogP contribution in [0.15, 0.2) is 41.3 Å². The maximum Gasteiger partial charge on any atom is 0.268 e. The molecule has 0 radical (unpaired) electrons. The molecule has 0 unspecified atom stereocenters. The highest BCUT2D eigenvalue weighted by atomic mass is 35.5. The van der Waals surface area contributed by atoms with Gasteiger partial charge in [-0.05, 0) is 30.7 Å². The summed E-state index contributed by atoms with van der Waals surface area (Å²) < 4.78 is 1.31. The number of halogens is 1. The average molecular weight is 263 g/mol. The highest BCUT2D eigenvalue weighted by Crippen LogP contribution is 2.13. The number of hydrogen-bond acceptors (Lipinski definition) is 2. The Bertz CT molecular complexity index is 677. The number of benzene rings is 1. The van der Waals surface area contributed by atoms with Crippen molar-refractivity contribution in [2.45, 2.75) is 6.92 Å². The molecule has 1 aromatic carbocycles. The fraction of sp³-hybridized carbons (Fsp3) is 0.0769. The van der Waals surface area contributed by atoms with E-state index in [0.29, 0.717) is 5.69 Å². The van der Waals surface area contributed by atoms with Crippen molar-refractivity contribution in [2.75, 3.05) is 0 Å². The third-order valence-electron chi connectivity index (χ3n) is 2.53. The zero-order valence-corrected chi connectivity index (χ0v) is 10.4. The zero-order chi connectivity index (χ0) is 13.3. The minimum atomic E-state index is -0.788. The zero-order valence-electron chi connectivity index (χ0n) is 9.68. The topological polar surface area (TPSA) is 65.1 Å². The van der Waals surface area contributed by atoms with Crippen LogP contribution in [0.25, 0.3) is 5.69 Å². The number of pyridine rings is 1. The number of rotatable bonds is 2. The minimum absolute atomic E-state index is 0.121. The summed E-state index contributed by atoms with van der Waals surface area (Å²) in [6, 6.07) is 8.59. The fourth-order valence-corrected chi connectivity index (χ4v) is 1.90. The Hall–Kier alpha value is -2.07. The van der Waals surface area contributed by atoms with E-state index in [2.05, 4.69) is 0 Å². The summed E-state index contributed by atoms with van der Waals surface area (Å²) in [6.45, 7) is 1.91. The van der Waals surface area contributed by atoms with Gasteiger partial charge in [0.05, 0.1) is 5.02 Å². The van der Waals surface area contributed by atoms with Crippen molar-refractivity contribution in [3.05, 3.63) is 63.0 Å². The van der Waals surface area contributed by atoms with E-state index in [1.165, 1.54) is 16.8 Å². The maximum absolute atomic E-state index is 12.1. The van der Waals surface area contributed by atoms with Gasteiger partial charge >= 0.3 is 0 Å². The van der Waals surface area contributed by atoms with Crippen LogP contribution in [0.2, 0.25) is 5.02 Å². The van der Waals surface area contributed by atoms with Gasteiger partial charge in [0.25, 0.3) is 11.5 Å². The van der Waals surface area contributed by atoms with Crippen molar-refractivity contribution < 1.29 is 4.79 Å². The Kier molecular flexibility index (Phi) is 3.21. The number of amides is 1. The molecule has 1 aromatic heterocycles. The predicted octanol–water partition coefficient (Wildman–Crippen LogP) is 1.90. The SMILES string of the molecule is Cc1cccc(-n2cc(Cl)cc(C(N)=O)c2=O)c1. The second-order valence-corrected chi connectivity index (χ2v) is 4.39. The number of aryl methyl sites for hydroxylation is 1. The van der Waals surface area contributed by atoms with Crippen molar-refractivity contribution >= 4 is 17.5 Å². The lowest BCUT2D eigenvalue weighted by Gasteiger charge is -2.08. The highest BCUT2D eigenvalue weighted by Gasteiger charge is 2.11. The maximum atomic E-state index is 12.1. The van der Waals surface area contributed by atoms with Crippen LogP contribution in [-0.2, 0) is 0 Å². The first kappa shape index (κ1) is 12.4.